The number of likely N-dealkylation sites (N-methyl/N-ethyl adjacent to an activating group) is 1. The maximum atomic E-state index is 11.9. The molecular weight excluding hydrogens is 250 g/mol. The van der Waals surface area contributed by atoms with Gasteiger partial charge in [-0.15, -0.1) is 12.4 Å². The molecule has 0 radical (unpaired) electrons. The molecule has 100 valence electrons. The van der Waals surface area contributed by atoms with Crippen molar-refractivity contribution in [2.75, 3.05) is 19.3 Å². The van der Waals surface area contributed by atoms with Crippen molar-refractivity contribution in [1.29, 1.82) is 0 Å². The Morgan fingerprint density at radius 3 is 2.72 bits per heavy atom. The van der Waals surface area contributed by atoms with Gasteiger partial charge in [0.15, 0.2) is 0 Å². The van der Waals surface area contributed by atoms with Gasteiger partial charge in [0.1, 0.15) is 0 Å². The molecule has 0 aromatic carbocycles. The molecule has 0 bridgehead atoms. The number of anilines is 1. The predicted molar refractivity (Wildman–Crippen MR) is 74.6 cm³/mol. The van der Waals surface area contributed by atoms with E-state index in [2.05, 4.69) is 4.98 Å². The molecule has 2 N–H and O–H groups in total. The van der Waals surface area contributed by atoms with E-state index in [0.29, 0.717) is 18.0 Å². The lowest BCUT2D eigenvalue weighted by Gasteiger charge is -2.30. The molecule has 0 unspecified atom stereocenters. The van der Waals surface area contributed by atoms with Gasteiger partial charge in [-0.25, -0.2) is 0 Å². The maximum Gasteiger partial charge on any atom is 0.228 e. The minimum atomic E-state index is 0. The number of nitrogen functional groups attached to an aromatic ring is 1. The number of pyridine rings is 1. The molecule has 0 atom stereocenters. The molecule has 0 spiro atoms. The van der Waals surface area contributed by atoms with Crippen LogP contribution in [0.25, 0.3) is 0 Å². The van der Waals surface area contributed by atoms with Gasteiger partial charge in [0.05, 0.1) is 18.3 Å². The molecule has 1 aliphatic carbocycles. The average Bonchev–Trinajstić information content (AvgIpc) is 2.26. The topological polar surface area (TPSA) is 59.2 Å². The third kappa shape index (κ3) is 3.88. The van der Waals surface area contributed by atoms with E-state index < -0.39 is 0 Å². The van der Waals surface area contributed by atoms with E-state index in [1.165, 1.54) is 19.3 Å². The Bertz CT molecular complexity index is 390. The Morgan fingerprint density at radius 1 is 1.50 bits per heavy atom. The second-order valence-electron chi connectivity index (χ2n) is 4.83. The van der Waals surface area contributed by atoms with Crippen molar-refractivity contribution >= 4 is 24.0 Å². The smallest absolute Gasteiger partial charge is 0.228 e. The normalized spacial score (nSPS) is 14.5. The van der Waals surface area contributed by atoms with Crippen LogP contribution in [-0.4, -0.2) is 29.4 Å². The van der Waals surface area contributed by atoms with Crippen molar-refractivity contribution < 1.29 is 4.79 Å². The molecule has 1 aliphatic rings. The Kier molecular flexibility index (Phi) is 5.41. The van der Waals surface area contributed by atoms with E-state index in [4.69, 9.17) is 5.73 Å². The number of hydrogen-bond acceptors (Lipinski definition) is 3. The summed E-state index contributed by atoms with van der Waals surface area (Å²) in [6, 6.07) is 3.59. The molecule has 5 heteroatoms. The van der Waals surface area contributed by atoms with Crippen molar-refractivity contribution in [3.63, 3.8) is 0 Å². The summed E-state index contributed by atoms with van der Waals surface area (Å²) in [5, 5.41) is 0. The van der Waals surface area contributed by atoms with Crippen LogP contribution in [0.1, 0.15) is 25.0 Å². The van der Waals surface area contributed by atoms with Gasteiger partial charge in [-0.2, -0.15) is 0 Å². The highest BCUT2D eigenvalue weighted by Gasteiger charge is 2.21. The zero-order valence-corrected chi connectivity index (χ0v) is 11.4. The van der Waals surface area contributed by atoms with E-state index in [-0.39, 0.29) is 18.3 Å². The zero-order chi connectivity index (χ0) is 12.3. The third-order valence-corrected chi connectivity index (χ3v) is 3.36. The first kappa shape index (κ1) is 14.8. The molecule has 0 aliphatic heterocycles. The van der Waals surface area contributed by atoms with Gasteiger partial charge in [-0.3, -0.25) is 9.78 Å². The number of carbonyl (C=O) groups excluding carboxylic acids is 1. The number of carbonyl (C=O) groups is 1. The molecule has 1 fully saturated rings. The number of nitrogens with two attached hydrogens (primary N) is 1. The highest BCUT2D eigenvalue weighted by atomic mass is 35.5. The Balaban J connectivity index is 0.00000162. The maximum absolute atomic E-state index is 11.9. The molecule has 1 amide bonds. The van der Waals surface area contributed by atoms with Crippen molar-refractivity contribution in [3.05, 3.63) is 24.0 Å². The van der Waals surface area contributed by atoms with Crippen molar-refractivity contribution in [1.82, 2.24) is 9.88 Å². The van der Waals surface area contributed by atoms with E-state index >= 15 is 0 Å². The van der Waals surface area contributed by atoms with Crippen molar-refractivity contribution in [3.8, 4) is 0 Å². The summed E-state index contributed by atoms with van der Waals surface area (Å²) in [6.07, 6.45) is 5.79. The van der Waals surface area contributed by atoms with Crippen LogP contribution in [0, 0.1) is 5.92 Å². The quantitative estimate of drug-likeness (QED) is 0.908. The van der Waals surface area contributed by atoms with Crippen molar-refractivity contribution in [2.45, 2.75) is 25.7 Å². The van der Waals surface area contributed by atoms with Gasteiger partial charge in [-0.05, 0) is 30.9 Å². The highest BCUT2D eigenvalue weighted by molar-refractivity contribution is 5.85. The summed E-state index contributed by atoms with van der Waals surface area (Å²) in [5.41, 5.74) is 6.96. The van der Waals surface area contributed by atoms with Crippen LogP contribution in [0.5, 0.6) is 0 Å². The fraction of sp³-hybridized carbons (Fsp3) is 0.538. The summed E-state index contributed by atoms with van der Waals surface area (Å²) in [5.74, 6) is 0.845. The summed E-state index contributed by atoms with van der Waals surface area (Å²) in [7, 11) is 1.87. The van der Waals surface area contributed by atoms with Gasteiger partial charge in [0.2, 0.25) is 5.91 Å². The lowest BCUT2D eigenvalue weighted by molar-refractivity contribution is -0.130. The Hall–Kier alpha value is -1.29. The van der Waals surface area contributed by atoms with Crippen molar-refractivity contribution in [2.24, 2.45) is 5.92 Å². The summed E-state index contributed by atoms with van der Waals surface area (Å²) in [6.45, 7) is 0.883. The number of nitrogens with zero attached hydrogens (tertiary/aromatic N) is 2. The first-order chi connectivity index (χ1) is 8.15. The summed E-state index contributed by atoms with van der Waals surface area (Å²) in [4.78, 5) is 17.9. The standard InChI is InChI=1S/C13H19N3O.ClH/c1-16(9-10-3-2-4-10)13(17)7-12-6-5-11(14)8-15-12;/h5-6,8,10H,2-4,7,9,14H2,1H3;1H. The molecule has 1 saturated carbocycles. The van der Waals surface area contributed by atoms with E-state index in [1.807, 2.05) is 18.0 Å². The number of halogens is 1. The SMILES string of the molecule is CN(CC1CCC1)C(=O)Cc1ccc(N)cn1.Cl. The van der Waals surface area contributed by atoms with Gasteiger partial charge in [0, 0.05) is 19.3 Å². The van der Waals surface area contributed by atoms with Crippen LogP contribution in [0.15, 0.2) is 18.3 Å². The average molecular weight is 270 g/mol. The predicted octanol–water partition coefficient (Wildman–Crippen LogP) is 1.89. The lowest BCUT2D eigenvalue weighted by Crippen LogP contribution is -2.35. The molecular formula is C13H20ClN3O. The van der Waals surface area contributed by atoms with Gasteiger partial charge < -0.3 is 10.6 Å². The summed E-state index contributed by atoms with van der Waals surface area (Å²) < 4.78 is 0. The lowest BCUT2D eigenvalue weighted by atomic mass is 9.85. The number of amides is 1. The van der Waals surface area contributed by atoms with Gasteiger partial charge in [-0.1, -0.05) is 6.42 Å². The van der Waals surface area contributed by atoms with Crippen LogP contribution < -0.4 is 5.73 Å². The first-order valence-electron chi connectivity index (χ1n) is 6.09. The minimum absolute atomic E-state index is 0. The highest BCUT2D eigenvalue weighted by Crippen LogP contribution is 2.26. The van der Waals surface area contributed by atoms with E-state index in [0.717, 1.165) is 12.2 Å². The second-order valence-corrected chi connectivity index (χ2v) is 4.83. The fourth-order valence-corrected chi connectivity index (χ4v) is 1.99. The largest absolute Gasteiger partial charge is 0.397 e. The molecule has 18 heavy (non-hydrogen) atoms. The first-order valence-corrected chi connectivity index (χ1v) is 6.09. The monoisotopic (exact) mass is 269 g/mol. The molecule has 1 heterocycles. The molecule has 2 rings (SSSR count). The minimum Gasteiger partial charge on any atom is -0.397 e. The molecule has 4 nitrogen and oxygen atoms in total. The summed E-state index contributed by atoms with van der Waals surface area (Å²) >= 11 is 0. The number of rotatable bonds is 4. The van der Waals surface area contributed by atoms with Crippen LogP contribution in [-0.2, 0) is 11.2 Å². The Labute approximate surface area is 114 Å². The molecule has 1 aromatic heterocycles. The number of hydrogen-bond donors (Lipinski definition) is 1. The number of aromatic nitrogens is 1. The van der Waals surface area contributed by atoms with Crippen LogP contribution in [0.2, 0.25) is 0 Å². The molecule has 0 saturated heterocycles. The van der Waals surface area contributed by atoms with E-state index in [9.17, 15) is 4.79 Å². The Morgan fingerprint density at radius 2 is 2.22 bits per heavy atom. The second kappa shape index (κ2) is 6.59. The van der Waals surface area contributed by atoms with Crippen LogP contribution >= 0.6 is 12.4 Å². The molecule has 1 aromatic rings. The van der Waals surface area contributed by atoms with Gasteiger partial charge >= 0.3 is 0 Å². The van der Waals surface area contributed by atoms with Gasteiger partial charge in [0.25, 0.3) is 0 Å². The van der Waals surface area contributed by atoms with Crippen LogP contribution in [0.3, 0.4) is 0 Å². The van der Waals surface area contributed by atoms with Crippen LogP contribution in [0.4, 0.5) is 5.69 Å². The third-order valence-electron chi connectivity index (χ3n) is 3.36. The zero-order valence-electron chi connectivity index (χ0n) is 10.6. The van der Waals surface area contributed by atoms with E-state index in [1.54, 1.807) is 12.3 Å². The fourth-order valence-electron chi connectivity index (χ4n) is 1.99.